The topological polar surface area (TPSA) is 108 Å². The number of ether oxygens (including phenoxy) is 1. The van der Waals surface area contributed by atoms with E-state index in [2.05, 4.69) is 20.4 Å². The lowest BCUT2D eigenvalue weighted by Crippen LogP contribution is -2.43. The third-order valence-electron chi connectivity index (χ3n) is 7.67. The minimum Gasteiger partial charge on any atom is -0.444 e. The molecule has 2 saturated heterocycles. The zero-order chi connectivity index (χ0) is 28.4. The van der Waals surface area contributed by atoms with Gasteiger partial charge in [0.25, 0.3) is 11.5 Å². The summed E-state index contributed by atoms with van der Waals surface area (Å²) < 4.78 is 20.2. The second-order valence-electron chi connectivity index (χ2n) is 11.8. The molecular weight excluding hydrogens is 513 g/mol. The van der Waals surface area contributed by atoms with Crippen LogP contribution in [0.2, 0.25) is 0 Å². The van der Waals surface area contributed by atoms with Gasteiger partial charge in [0, 0.05) is 51.1 Å². The number of hydrogen-bond donors (Lipinski definition) is 2. The number of rotatable bonds is 6. The molecule has 9 nitrogen and oxygen atoms in total. The molecular formula is C30H36FN5O4. The number of H-pyrrole nitrogens is 1. The van der Waals surface area contributed by atoms with Crippen molar-refractivity contribution in [1.82, 2.24) is 25.3 Å². The van der Waals surface area contributed by atoms with Crippen LogP contribution in [-0.2, 0) is 11.2 Å². The molecule has 212 valence electrons. The van der Waals surface area contributed by atoms with E-state index < -0.39 is 17.5 Å². The van der Waals surface area contributed by atoms with E-state index in [9.17, 15) is 18.8 Å². The summed E-state index contributed by atoms with van der Waals surface area (Å²) in [5, 5.41) is 10.8. The van der Waals surface area contributed by atoms with Gasteiger partial charge in [-0.15, -0.1) is 0 Å². The van der Waals surface area contributed by atoms with Crippen LogP contribution in [0.4, 0.5) is 9.18 Å². The van der Waals surface area contributed by atoms with Crippen LogP contribution < -0.4 is 10.9 Å². The summed E-state index contributed by atoms with van der Waals surface area (Å²) in [5.41, 5.74) is 0.667. The number of hydrogen-bond acceptors (Lipinski definition) is 6. The number of carbonyl (C=O) groups excluding carboxylic acids is 2. The Labute approximate surface area is 232 Å². The van der Waals surface area contributed by atoms with Gasteiger partial charge in [-0.1, -0.05) is 24.3 Å². The molecule has 0 radical (unpaired) electrons. The van der Waals surface area contributed by atoms with E-state index in [0.29, 0.717) is 55.5 Å². The molecule has 2 aliphatic heterocycles. The van der Waals surface area contributed by atoms with Crippen LogP contribution in [0, 0.1) is 17.7 Å². The number of carbonyl (C=O) groups is 2. The van der Waals surface area contributed by atoms with Crippen LogP contribution in [-0.4, -0.2) is 76.9 Å². The molecule has 2 amide bonds. The van der Waals surface area contributed by atoms with Gasteiger partial charge < -0.3 is 19.9 Å². The van der Waals surface area contributed by atoms with Crippen LogP contribution in [0.25, 0.3) is 10.8 Å². The molecule has 2 N–H and O–H groups in total. The lowest BCUT2D eigenvalue weighted by molar-refractivity contribution is 0.0522. The van der Waals surface area contributed by atoms with E-state index in [1.54, 1.807) is 29.2 Å². The van der Waals surface area contributed by atoms with Gasteiger partial charge in [-0.2, -0.15) is 5.10 Å². The maximum absolute atomic E-state index is 14.9. The molecule has 3 heterocycles. The molecule has 0 bridgehead atoms. The maximum Gasteiger partial charge on any atom is 0.407 e. The van der Waals surface area contributed by atoms with Gasteiger partial charge in [-0.25, -0.2) is 14.3 Å². The van der Waals surface area contributed by atoms with Crippen molar-refractivity contribution in [1.29, 1.82) is 0 Å². The summed E-state index contributed by atoms with van der Waals surface area (Å²) >= 11 is 0. The van der Waals surface area contributed by atoms with Crippen molar-refractivity contribution in [3.05, 3.63) is 75.5 Å². The highest BCUT2D eigenvalue weighted by Gasteiger charge is 2.38. The average molecular weight is 550 g/mol. The lowest BCUT2D eigenvalue weighted by Gasteiger charge is -2.34. The predicted octanol–water partition coefficient (Wildman–Crippen LogP) is 3.57. The molecule has 0 saturated carbocycles. The summed E-state index contributed by atoms with van der Waals surface area (Å²) in [6.07, 6.45) is 0.796. The molecule has 2 fully saturated rings. The zero-order valence-corrected chi connectivity index (χ0v) is 23.2. The van der Waals surface area contributed by atoms with Crippen LogP contribution in [0.1, 0.15) is 48.8 Å². The van der Waals surface area contributed by atoms with Crippen molar-refractivity contribution in [3.63, 3.8) is 0 Å². The Morgan fingerprint density at radius 2 is 1.85 bits per heavy atom. The second-order valence-corrected chi connectivity index (χ2v) is 11.8. The van der Waals surface area contributed by atoms with E-state index >= 15 is 0 Å². The molecule has 2 atom stereocenters. The normalized spacial score (nSPS) is 19.4. The lowest BCUT2D eigenvalue weighted by atomic mass is 9.88. The predicted molar refractivity (Wildman–Crippen MR) is 150 cm³/mol. The third kappa shape index (κ3) is 6.33. The number of fused-ring (bicyclic) bond motifs is 2. The number of nitrogens with one attached hydrogen (secondary N) is 2. The number of alkyl carbamates (subject to hydrolysis) is 1. The smallest absolute Gasteiger partial charge is 0.407 e. The number of piperidine rings is 1. The standard InChI is InChI=1S/C30H36FN5O4/c1-30(2,3)40-29(39)32-11-13-35-16-20-10-12-36(18-21(20)17-35)28(38)24-14-19(8-9-25(24)31)15-26-22-6-4-5-7-23(22)27(37)34-33-26/h4-9,14,20-21H,10-13,15-18H2,1-3H3,(H,32,39)(H,34,37). The molecule has 0 aliphatic carbocycles. The zero-order valence-electron chi connectivity index (χ0n) is 23.2. The molecule has 5 rings (SSSR count). The highest BCUT2D eigenvalue weighted by atomic mass is 19.1. The number of aromatic amines is 1. The van der Waals surface area contributed by atoms with Crippen LogP contribution in [0.15, 0.2) is 47.3 Å². The minimum atomic E-state index is -0.545. The fraction of sp³-hybridized carbons (Fsp3) is 0.467. The number of halogens is 1. The van der Waals surface area contributed by atoms with E-state index in [1.165, 1.54) is 6.07 Å². The van der Waals surface area contributed by atoms with Gasteiger partial charge in [0.15, 0.2) is 0 Å². The number of amides is 2. The van der Waals surface area contributed by atoms with Crippen LogP contribution >= 0.6 is 0 Å². The van der Waals surface area contributed by atoms with E-state index in [1.807, 2.05) is 32.9 Å². The SMILES string of the molecule is CC(C)(C)OC(=O)NCCN1CC2CCN(C(=O)c3cc(Cc4n[nH]c(=O)c5ccccc45)ccc3F)CC2C1. The van der Waals surface area contributed by atoms with Crippen molar-refractivity contribution in [3.8, 4) is 0 Å². The number of likely N-dealkylation sites (tertiary alicyclic amines) is 2. The van der Waals surface area contributed by atoms with Crippen LogP contribution in [0.3, 0.4) is 0 Å². The summed E-state index contributed by atoms with van der Waals surface area (Å²) in [5.74, 6) is -0.0675. The molecule has 40 heavy (non-hydrogen) atoms. The van der Waals surface area contributed by atoms with Crippen molar-refractivity contribution < 1.29 is 18.7 Å². The number of benzene rings is 2. The van der Waals surface area contributed by atoms with Crippen molar-refractivity contribution >= 4 is 22.8 Å². The fourth-order valence-corrected chi connectivity index (χ4v) is 5.78. The first kappa shape index (κ1) is 27.8. The monoisotopic (exact) mass is 549 g/mol. The Morgan fingerprint density at radius 1 is 1.10 bits per heavy atom. The van der Waals surface area contributed by atoms with Gasteiger partial charge in [-0.3, -0.25) is 9.59 Å². The fourth-order valence-electron chi connectivity index (χ4n) is 5.78. The molecule has 2 unspecified atom stereocenters. The number of nitrogens with zero attached hydrogens (tertiary/aromatic N) is 3. The molecule has 2 aliphatic rings. The molecule has 3 aromatic rings. The Kier molecular flexibility index (Phi) is 7.89. The quantitative estimate of drug-likeness (QED) is 0.487. The average Bonchev–Trinajstić information content (AvgIpc) is 3.32. The molecule has 2 aromatic carbocycles. The third-order valence-corrected chi connectivity index (χ3v) is 7.67. The molecule has 1 aromatic heterocycles. The molecule has 10 heteroatoms. The summed E-state index contributed by atoms with van der Waals surface area (Å²) in [6, 6.07) is 11.8. The summed E-state index contributed by atoms with van der Waals surface area (Å²) in [7, 11) is 0. The van der Waals surface area contributed by atoms with Crippen LogP contribution in [0.5, 0.6) is 0 Å². The van der Waals surface area contributed by atoms with Crippen molar-refractivity contribution in [2.45, 2.75) is 39.2 Å². The Bertz CT molecular complexity index is 1470. The van der Waals surface area contributed by atoms with Crippen molar-refractivity contribution in [2.24, 2.45) is 11.8 Å². The van der Waals surface area contributed by atoms with E-state index in [0.717, 1.165) is 30.5 Å². The Balaban J connectivity index is 1.21. The van der Waals surface area contributed by atoms with E-state index in [4.69, 9.17) is 4.74 Å². The second kappa shape index (κ2) is 11.4. The molecule has 0 spiro atoms. The maximum atomic E-state index is 14.9. The van der Waals surface area contributed by atoms with Crippen molar-refractivity contribution in [2.75, 3.05) is 39.3 Å². The first-order valence-corrected chi connectivity index (χ1v) is 13.8. The first-order chi connectivity index (χ1) is 19.1. The highest BCUT2D eigenvalue weighted by Crippen LogP contribution is 2.32. The van der Waals surface area contributed by atoms with E-state index in [-0.39, 0.29) is 17.0 Å². The first-order valence-electron chi connectivity index (χ1n) is 13.8. The summed E-state index contributed by atoms with van der Waals surface area (Å²) in [4.78, 5) is 41.6. The largest absolute Gasteiger partial charge is 0.444 e. The van der Waals surface area contributed by atoms with Gasteiger partial charge in [0.2, 0.25) is 0 Å². The van der Waals surface area contributed by atoms with Gasteiger partial charge >= 0.3 is 6.09 Å². The van der Waals surface area contributed by atoms with Gasteiger partial charge in [0.05, 0.1) is 16.6 Å². The van der Waals surface area contributed by atoms with Gasteiger partial charge in [-0.05, 0) is 62.8 Å². The summed E-state index contributed by atoms with van der Waals surface area (Å²) in [6.45, 7) is 9.62. The minimum absolute atomic E-state index is 0.0566. The van der Waals surface area contributed by atoms with Gasteiger partial charge in [0.1, 0.15) is 11.4 Å². The Morgan fingerprint density at radius 3 is 2.62 bits per heavy atom. The Hall–Kier alpha value is -3.79. The highest BCUT2D eigenvalue weighted by molar-refractivity contribution is 5.95. The number of aromatic nitrogens is 2.